The molecule has 0 saturated heterocycles. The van der Waals surface area contributed by atoms with Gasteiger partial charge in [-0.15, -0.1) is 0 Å². The van der Waals surface area contributed by atoms with E-state index in [1.807, 2.05) is 0 Å². The molecule has 2 N–H and O–H groups in total. The summed E-state index contributed by atoms with van der Waals surface area (Å²) in [6.45, 7) is 0. The van der Waals surface area contributed by atoms with Crippen molar-refractivity contribution in [2.75, 3.05) is 5.32 Å². The number of nitrogens with one attached hydrogen (secondary N) is 2. The van der Waals surface area contributed by atoms with E-state index in [4.69, 9.17) is 23.2 Å². The number of carbonyl (C=O) groups excluding carboxylic acids is 1. The van der Waals surface area contributed by atoms with E-state index in [0.29, 0.717) is 0 Å². The number of anilines is 1. The van der Waals surface area contributed by atoms with Crippen molar-refractivity contribution in [1.82, 2.24) is 10.3 Å². The number of halogens is 8. The SMILES string of the molecule is O=C(NC(Nc1cccnc1)(C(F)(F)F)C(F)(F)F)c1ccc(Cl)cc1Cl. The van der Waals surface area contributed by atoms with Crippen LogP contribution in [0.4, 0.5) is 32.0 Å². The van der Waals surface area contributed by atoms with Crippen LogP contribution >= 0.6 is 23.2 Å². The number of hydrogen-bond donors (Lipinski definition) is 2. The van der Waals surface area contributed by atoms with Gasteiger partial charge in [-0.05, 0) is 30.3 Å². The molecule has 0 aliphatic rings. The van der Waals surface area contributed by atoms with Crippen LogP contribution in [-0.2, 0) is 0 Å². The number of pyridine rings is 1. The monoisotopic (exact) mass is 431 g/mol. The van der Waals surface area contributed by atoms with Gasteiger partial charge in [0.05, 0.1) is 22.5 Å². The van der Waals surface area contributed by atoms with Crippen molar-refractivity contribution in [2.24, 2.45) is 0 Å². The van der Waals surface area contributed by atoms with Crippen molar-refractivity contribution in [1.29, 1.82) is 0 Å². The number of alkyl halides is 6. The quantitative estimate of drug-likeness (QED) is 0.525. The molecule has 0 saturated carbocycles. The zero-order valence-corrected chi connectivity index (χ0v) is 14.4. The van der Waals surface area contributed by atoms with Crippen LogP contribution in [-0.4, -0.2) is 28.9 Å². The first kappa shape index (κ1) is 21.1. The Labute approximate surface area is 158 Å². The first-order valence-electron chi connectivity index (χ1n) is 6.96. The second-order valence-corrected chi connectivity index (χ2v) is 6.03. The van der Waals surface area contributed by atoms with Crippen molar-refractivity contribution in [2.45, 2.75) is 18.0 Å². The number of rotatable bonds is 4. The van der Waals surface area contributed by atoms with Gasteiger partial charge in [-0.1, -0.05) is 23.2 Å². The van der Waals surface area contributed by atoms with Crippen LogP contribution in [0.3, 0.4) is 0 Å². The average Bonchev–Trinajstić information content (AvgIpc) is 2.52. The molecule has 1 aromatic carbocycles. The Morgan fingerprint density at radius 3 is 2.11 bits per heavy atom. The minimum Gasteiger partial charge on any atom is -0.346 e. The summed E-state index contributed by atoms with van der Waals surface area (Å²) in [5, 5.41) is 1.90. The molecule has 1 aromatic heterocycles. The topological polar surface area (TPSA) is 54.0 Å². The number of hydrogen-bond acceptors (Lipinski definition) is 3. The molecule has 0 aliphatic carbocycles. The number of carbonyl (C=O) groups is 1. The highest BCUT2D eigenvalue weighted by molar-refractivity contribution is 6.36. The van der Waals surface area contributed by atoms with Crippen molar-refractivity contribution >= 4 is 34.8 Å². The first-order chi connectivity index (χ1) is 12.4. The first-order valence-corrected chi connectivity index (χ1v) is 7.72. The lowest BCUT2D eigenvalue weighted by atomic mass is 10.1. The Bertz CT molecular complexity index is 813. The third-order valence-electron chi connectivity index (χ3n) is 3.32. The number of nitrogens with zero attached hydrogens (tertiary/aromatic N) is 1. The molecule has 0 aliphatic heterocycles. The zero-order chi connectivity index (χ0) is 20.5. The van der Waals surface area contributed by atoms with Crippen LogP contribution in [0, 0.1) is 0 Å². The van der Waals surface area contributed by atoms with Crippen LogP contribution in [0.1, 0.15) is 10.4 Å². The highest BCUT2D eigenvalue weighted by Crippen LogP contribution is 2.43. The van der Waals surface area contributed by atoms with Crippen molar-refractivity contribution in [3.63, 3.8) is 0 Å². The molecule has 1 amide bonds. The fraction of sp³-hybridized carbons (Fsp3) is 0.200. The Morgan fingerprint density at radius 1 is 1.00 bits per heavy atom. The second-order valence-electron chi connectivity index (χ2n) is 5.19. The van der Waals surface area contributed by atoms with E-state index < -0.39 is 40.2 Å². The van der Waals surface area contributed by atoms with E-state index in [9.17, 15) is 31.1 Å². The van der Waals surface area contributed by atoms with Crippen LogP contribution in [0.25, 0.3) is 0 Å². The number of aromatic nitrogens is 1. The third-order valence-corrected chi connectivity index (χ3v) is 3.87. The van der Waals surface area contributed by atoms with Gasteiger partial charge in [-0.25, -0.2) is 0 Å². The highest BCUT2D eigenvalue weighted by atomic mass is 35.5. The molecule has 0 atom stereocenters. The van der Waals surface area contributed by atoms with E-state index in [1.54, 1.807) is 0 Å². The Morgan fingerprint density at radius 2 is 1.63 bits per heavy atom. The van der Waals surface area contributed by atoms with E-state index >= 15 is 0 Å². The molecule has 0 fully saturated rings. The Balaban J connectivity index is 2.53. The lowest BCUT2D eigenvalue weighted by Crippen LogP contribution is -2.72. The Kier molecular flexibility index (Phi) is 5.81. The third kappa shape index (κ3) is 4.38. The normalized spacial score (nSPS) is 12.6. The molecule has 0 bridgehead atoms. The van der Waals surface area contributed by atoms with Crippen molar-refractivity contribution in [3.05, 3.63) is 58.3 Å². The Hall–Kier alpha value is -2.20. The summed E-state index contributed by atoms with van der Waals surface area (Å²) in [6.07, 6.45) is -10.0. The van der Waals surface area contributed by atoms with Crippen LogP contribution in [0.15, 0.2) is 42.7 Å². The minimum absolute atomic E-state index is 0.0444. The summed E-state index contributed by atoms with van der Waals surface area (Å²) in [5.74, 6) is -1.71. The van der Waals surface area contributed by atoms with Gasteiger partial charge in [0.2, 0.25) is 0 Å². The number of benzene rings is 1. The fourth-order valence-corrected chi connectivity index (χ4v) is 2.53. The zero-order valence-electron chi connectivity index (χ0n) is 12.9. The average molecular weight is 432 g/mol. The largest absolute Gasteiger partial charge is 0.439 e. The predicted octanol–water partition coefficient (Wildman–Crippen LogP) is 5.05. The molecule has 1 heterocycles. The maximum Gasteiger partial charge on any atom is 0.439 e. The van der Waals surface area contributed by atoms with Gasteiger partial charge in [-0.2, -0.15) is 26.3 Å². The number of amides is 1. The van der Waals surface area contributed by atoms with Gasteiger partial charge in [0.25, 0.3) is 5.91 Å². The molecule has 4 nitrogen and oxygen atoms in total. The van der Waals surface area contributed by atoms with E-state index in [2.05, 4.69) is 4.98 Å². The predicted molar refractivity (Wildman–Crippen MR) is 86.6 cm³/mol. The molecular formula is C15H9Cl2F6N3O. The molecule has 2 rings (SSSR count). The smallest absolute Gasteiger partial charge is 0.346 e. The van der Waals surface area contributed by atoms with Gasteiger partial charge < -0.3 is 10.6 Å². The van der Waals surface area contributed by atoms with Crippen molar-refractivity contribution < 1.29 is 31.1 Å². The maximum absolute atomic E-state index is 13.5. The summed E-state index contributed by atoms with van der Waals surface area (Å²) >= 11 is 11.3. The standard InChI is InChI=1S/C15H9Cl2F6N3O/c16-8-3-4-10(11(17)6-8)12(27)26-13(14(18,19)20,15(21,22)23)25-9-2-1-5-24-7-9/h1-7,25H,(H,26,27). The summed E-state index contributed by atoms with van der Waals surface area (Å²) in [6, 6.07) is 5.06. The summed E-state index contributed by atoms with van der Waals surface area (Å²) in [5.41, 5.74) is -6.02. The minimum atomic E-state index is -5.96. The lowest BCUT2D eigenvalue weighted by Gasteiger charge is -2.38. The summed E-state index contributed by atoms with van der Waals surface area (Å²) < 4.78 is 81.2. The molecular weight excluding hydrogens is 423 g/mol. The van der Waals surface area contributed by atoms with Crippen LogP contribution < -0.4 is 10.6 Å². The molecule has 146 valence electrons. The molecule has 27 heavy (non-hydrogen) atoms. The van der Waals surface area contributed by atoms with E-state index in [0.717, 1.165) is 48.0 Å². The van der Waals surface area contributed by atoms with Gasteiger partial charge in [0.15, 0.2) is 0 Å². The maximum atomic E-state index is 13.5. The molecule has 12 heteroatoms. The summed E-state index contributed by atoms with van der Waals surface area (Å²) in [7, 11) is 0. The summed E-state index contributed by atoms with van der Waals surface area (Å²) in [4.78, 5) is 15.6. The lowest BCUT2D eigenvalue weighted by molar-refractivity contribution is -0.294. The molecule has 0 spiro atoms. The molecule has 0 unspecified atom stereocenters. The van der Waals surface area contributed by atoms with Gasteiger partial charge in [0.1, 0.15) is 0 Å². The van der Waals surface area contributed by atoms with Gasteiger partial charge >= 0.3 is 18.0 Å². The fourth-order valence-electron chi connectivity index (χ4n) is 2.04. The second kappa shape index (κ2) is 7.43. The van der Waals surface area contributed by atoms with E-state index in [1.165, 1.54) is 5.32 Å². The van der Waals surface area contributed by atoms with E-state index in [-0.39, 0.29) is 5.02 Å². The molecule has 2 aromatic rings. The van der Waals surface area contributed by atoms with Crippen LogP contribution in [0.5, 0.6) is 0 Å². The highest BCUT2D eigenvalue weighted by Gasteiger charge is 2.72. The van der Waals surface area contributed by atoms with Crippen molar-refractivity contribution in [3.8, 4) is 0 Å². The van der Waals surface area contributed by atoms with Gasteiger partial charge in [0, 0.05) is 11.2 Å². The van der Waals surface area contributed by atoms with Gasteiger partial charge in [-0.3, -0.25) is 9.78 Å². The molecule has 0 radical (unpaired) electrons. The van der Waals surface area contributed by atoms with Crippen LogP contribution in [0.2, 0.25) is 10.0 Å².